The Bertz CT molecular complexity index is 1550. The van der Waals surface area contributed by atoms with Crippen LogP contribution < -0.4 is 5.32 Å². The lowest BCUT2D eigenvalue weighted by Gasteiger charge is -2.27. The number of nitrogens with one attached hydrogen (secondary N) is 1. The predicted molar refractivity (Wildman–Crippen MR) is 295 cm³/mol. The van der Waals surface area contributed by atoms with Gasteiger partial charge in [-0.2, -0.15) is 0 Å². The molecule has 0 aromatic heterocycles. The quantitative estimate of drug-likeness (QED) is 0.0156. The molecule has 1 amide bonds. The van der Waals surface area contributed by atoms with Crippen molar-refractivity contribution in [3.05, 3.63) is 109 Å². The van der Waals surface area contributed by atoms with E-state index in [1.807, 2.05) is 39.4 Å². The summed E-state index contributed by atoms with van der Waals surface area (Å²) in [7, 11) is 1.44. The molecular weight excluding hydrogens is 880 g/mol. The van der Waals surface area contributed by atoms with Gasteiger partial charge in [0.25, 0.3) is 0 Å². The number of phosphoric ester groups is 1. The highest BCUT2D eigenvalue weighted by molar-refractivity contribution is 7.47. The fraction of sp³-hybridized carbons (Fsp3) is 0.661. The maximum Gasteiger partial charge on any atom is 0.472 e. The zero-order chi connectivity index (χ0) is 50.8. The number of allylic oxidation sites excluding steroid dienone is 17. The lowest BCUT2D eigenvalue weighted by Crippen LogP contribution is -2.47. The van der Waals surface area contributed by atoms with Crippen LogP contribution in [0.2, 0.25) is 0 Å². The van der Waals surface area contributed by atoms with E-state index in [2.05, 4.69) is 117 Å². The van der Waals surface area contributed by atoms with Gasteiger partial charge in [-0.25, -0.2) is 4.57 Å². The van der Waals surface area contributed by atoms with Gasteiger partial charge in [0, 0.05) is 12.8 Å². The number of amides is 1. The van der Waals surface area contributed by atoms with Crippen molar-refractivity contribution in [3.8, 4) is 0 Å². The summed E-state index contributed by atoms with van der Waals surface area (Å²) in [6, 6.07) is -0.878. The Morgan fingerprint density at radius 3 is 1.57 bits per heavy atom. The largest absolute Gasteiger partial charge is 0.472 e. The molecule has 0 aliphatic carbocycles. The van der Waals surface area contributed by atoms with E-state index in [-0.39, 0.29) is 31.5 Å². The molecule has 0 bridgehead atoms. The Hall–Kier alpha value is -3.33. The number of unbranched alkanes of at least 4 members (excludes halogenated alkanes) is 17. The van der Waals surface area contributed by atoms with Crippen LogP contribution in [0.5, 0.6) is 0 Å². The molecule has 3 atom stereocenters. The van der Waals surface area contributed by atoms with Crippen molar-refractivity contribution in [2.75, 3.05) is 40.9 Å². The minimum Gasteiger partial charge on any atom is -0.456 e. The number of hydrogen-bond donors (Lipinski definition) is 2. The first-order valence-corrected chi connectivity index (χ1v) is 28.7. The molecule has 0 rings (SSSR count). The van der Waals surface area contributed by atoms with Gasteiger partial charge in [-0.05, 0) is 96.0 Å². The van der Waals surface area contributed by atoms with Crippen molar-refractivity contribution in [3.63, 3.8) is 0 Å². The van der Waals surface area contributed by atoms with E-state index in [1.54, 1.807) is 0 Å². The number of esters is 1. The molecule has 69 heavy (non-hydrogen) atoms. The van der Waals surface area contributed by atoms with Gasteiger partial charge in [-0.15, -0.1) is 0 Å². The minimum atomic E-state index is -4.46. The van der Waals surface area contributed by atoms with Crippen LogP contribution in [0.1, 0.15) is 201 Å². The summed E-state index contributed by atoms with van der Waals surface area (Å²) in [4.78, 5) is 37.5. The SMILES string of the molecule is CC/C=C\C/C=C\C/C=C\C/C=C\C/C=C\CCCCCC(=O)OC(/C=C\CCCCCCCCCCC)C(COP(=O)(O)OCC[N+](C)(C)C)NC(=O)CCCCCCC\C=C/C=C/C=C/CC. The van der Waals surface area contributed by atoms with Crippen LogP contribution in [-0.4, -0.2) is 74.3 Å². The van der Waals surface area contributed by atoms with Crippen LogP contribution in [0.25, 0.3) is 0 Å². The van der Waals surface area contributed by atoms with Gasteiger partial charge in [0.1, 0.15) is 19.3 Å². The van der Waals surface area contributed by atoms with E-state index in [9.17, 15) is 19.0 Å². The molecule has 0 fully saturated rings. The highest BCUT2D eigenvalue weighted by Crippen LogP contribution is 2.43. The third kappa shape index (κ3) is 49.4. The average Bonchev–Trinajstić information content (AvgIpc) is 3.31. The van der Waals surface area contributed by atoms with Gasteiger partial charge in [0.2, 0.25) is 5.91 Å². The summed E-state index contributed by atoms with van der Waals surface area (Å²) in [5.41, 5.74) is 0. The average molecular weight is 982 g/mol. The Morgan fingerprint density at radius 1 is 0.536 bits per heavy atom. The van der Waals surface area contributed by atoms with E-state index < -0.39 is 20.0 Å². The van der Waals surface area contributed by atoms with Crippen molar-refractivity contribution in [1.29, 1.82) is 0 Å². The number of hydrogen-bond acceptors (Lipinski definition) is 6. The second kappa shape index (κ2) is 48.3. The molecule has 0 aromatic carbocycles. The van der Waals surface area contributed by atoms with Crippen LogP contribution in [0.3, 0.4) is 0 Å². The predicted octanol–water partition coefficient (Wildman–Crippen LogP) is 16.2. The number of carbonyl (C=O) groups excluding carboxylic acids is 2. The van der Waals surface area contributed by atoms with Crippen molar-refractivity contribution >= 4 is 19.7 Å². The third-order valence-electron chi connectivity index (χ3n) is 11.3. The Morgan fingerprint density at radius 2 is 1.00 bits per heavy atom. The fourth-order valence-corrected chi connectivity index (χ4v) is 7.82. The van der Waals surface area contributed by atoms with E-state index in [1.165, 1.54) is 44.9 Å². The maximum atomic E-state index is 13.4. The topological polar surface area (TPSA) is 111 Å². The molecule has 0 spiro atoms. The van der Waals surface area contributed by atoms with Crippen LogP contribution in [0.4, 0.5) is 0 Å². The Balaban J connectivity index is 5.44. The molecule has 0 aliphatic rings. The fourth-order valence-electron chi connectivity index (χ4n) is 7.08. The molecule has 0 heterocycles. The first-order valence-electron chi connectivity index (χ1n) is 27.2. The zero-order valence-corrected chi connectivity index (χ0v) is 45.7. The number of carbonyl (C=O) groups is 2. The zero-order valence-electron chi connectivity index (χ0n) is 44.8. The first kappa shape index (κ1) is 65.7. The standard InChI is InChI=1S/C59H101N2O7P/c1-7-10-13-16-19-22-25-27-28-29-30-31-32-34-37-40-43-46-49-52-59(63)68-57(50-47-44-41-38-35-24-21-18-15-12-9-3)56(55-67-69(64,65)66-54-53-61(4,5)6)60-58(62)51-48-45-42-39-36-33-26-23-20-17-14-11-8-2/h10-11,13-14,17,19-20,22-23,26-28,30-31,34,37,47,50,56-57H,7-9,12,15-16,18,21,24-25,29,32-33,35-36,38-46,48-49,51-55H2,1-6H3,(H-,60,62,64,65)/p+1/b13-10-,14-11+,20-17+,22-19-,26-23-,28-27-,31-30-,37-34-,50-47-. The monoisotopic (exact) mass is 982 g/mol. The van der Waals surface area contributed by atoms with Gasteiger partial charge in [0.05, 0.1) is 33.8 Å². The van der Waals surface area contributed by atoms with Crippen molar-refractivity contribution < 1.29 is 37.3 Å². The van der Waals surface area contributed by atoms with Gasteiger partial charge in [-0.3, -0.25) is 18.6 Å². The smallest absolute Gasteiger partial charge is 0.456 e. The molecule has 9 nitrogen and oxygen atoms in total. The van der Waals surface area contributed by atoms with Crippen LogP contribution in [0, 0.1) is 0 Å². The normalized spacial score (nSPS) is 14.7. The number of phosphoric acid groups is 1. The third-order valence-corrected chi connectivity index (χ3v) is 12.3. The molecule has 3 unspecified atom stereocenters. The minimum absolute atomic E-state index is 0.0242. The molecule has 0 saturated carbocycles. The van der Waals surface area contributed by atoms with Gasteiger partial charge < -0.3 is 19.4 Å². The van der Waals surface area contributed by atoms with Gasteiger partial charge in [0.15, 0.2) is 0 Å². The van der Waals surface area contributed by atoms with Gasteiger partial charge >= 0.3 is 13.8 Å². The summed E-state index contributed by atoms with van der Waals surface area (Å²) < 4.78 is 30.5. The van der Waals surface area contributed by atoms with E-state index >= 15 is 0 Å². The molecule has 0 saturated heterocycles. The summed E-state index contributed by atoms with van der Waals surface area (Å²) in [6.45, 7) is 6.68. The summed E-state index contributed by atoms with van der Waals surface area (Å²) in [5.74, 6) is -0.579. The molecule has 2 N–H and O–H groups in total. The molecule has 10 heteroatoms. The highest BCUT2D eigenvalue weighted by Gasteiger charge is 2.30. The summed E-state index contributed by atoms with van der Waals surface area (Å²) in [5, 5.41) is 3.01. The molecule has 394 valence electrons. The van der Waals surface area contributed by atoms with E-state index in [0.29, 0.717) is 30.3 Å². The molecular formula is C59H102N2O7P+. The Kier molecular flexibility index (Phi) is 46.0. The second-order valence-corrected chi connectivity index (χ2v) is 20.5. The maximum absolute atomic E-state index is 13.4. The van der Waals surface area contributed by atoms with Crippen molar-refractivity contribution in [2.24, 2.45) is 0 Å². The second-order valence-electron chi connectivity index (χ2n) is 19.0. The number of rotatable bonds is 47. The molecule has 0 aliphatic heterocycles. The molecule has 0 aromatic rings. The Labute approximate surface area is 423 Å². The van der Waals surface area contributed by atoms with E-state index in [4.69, 9.17) is 13.8 Å². The first-order chi connectivity index (χ1) is 33.4. The summed E-state index contributed by atoms with van der Waals surface area (Å²) >= 11 is 0. The van der Waals surface area contributed by atoms with Crippen molar-refractivity contribution in [2.45, 2.75) is 213 Å². The van der Waals surface area contributed by atoms with Gasteiger partial charge in [-0.1, -0.05) is 201 Å². The van der Waals surface area contributed by atoms with E-state index in [0.717, 1.165) is 109 Å². The number of quaternary nitrogens is 1. The van der Waals surface area contributed by atoms with Crippen molar-refractivity contribution in [1.82, 2.24) is 5.32 Å². The molecule has 0 radical (unpaired) electrons. The lowest BCUT2D eigenvalue weighted by atomic mass is 10.1. The number of ether oxygens (including phenoxy) is 1. The van der Waals surface area contributed by atoms with Crippen LogP contribution >= 0.6 is 7.82 Å². The van der Waals surface area contributed by atoms with Crippen LogP contribution in [0.15, 0.2) is 109 Å². The lowest BCUT2D eigenvalue weighted by molar-refractivity contribution is -0.870. The summed E-state index contributed by atoms with van der Waals surface area (Å²) in [6.07, 6.45) is 65.2. The van der Waals surface area contributed by atoms with Crippen LogP contribution in [-0.2, 0) is 27.9 Å². The number of likely N-dealkylation sites (N-methyl/N-ethyl adjacent to an activating group) is 1. The number of nitrogens with zero attached hydrogens (tertiary/aromatic N) is 1. The highest BCUT2D eigenvalue weighted by atomic mass is 31.2.